The van der Waals surface area contributed by atoms with Crippen molar-refractivity contribution in [3.63, 3.8) is 0 Å². The van der Waals surface area contributed by atoms with E-state index in [-0.39, 0.29) is 0 Å². The largest absolute Gasteiger partial charge is 0.420 e. The number of nitrogen functional groups attached to an aromatic ring is 1. The van der Waals surface area contributed by atoms with Gasteiger partial charge in [-0.1, -0.05) is 11.6 Å². The monoisotopic (exact) mass is 306 g/mol. The van der Waals surface area contributed by atoms with E-state index in [2.05, 4.69) is 5.10 Å². The Bertz CT molecular complexity index is 875. The molecule has 3 rings (SSSR count). The van der Waals surface area contributed by atoms with Crippen molar-refractivity contribution in [1.29, 1.82) is 0 Å². The summed E-state index contributed by atoms with van der Waals surface area (Å²) in [5.41, 5.74) is 9.04. The molecule has 0 radical (unpaired) electrons. The second kappa shape index (κ2) is 4.96. The summed E-state index contributed by atoms with van der Waals surface area (Å²) in [6.07, 6.45) is 0. The molecule has 1 aromatic carbocycles. The normalized spacial score (nSPS) is 11.4. The highest BCUT2D eigenvalue weighted by Crippen LogP contribution is 2.23. The van der Waals surface area contributed by atoms with Crippen molar-refractivity contribution in [2.75, 3.05) is 5.73 Å². The van der Waals surface area contributed by atoms with Crippen LogP contribution in [0.3, 0.4) is 0 Å². The topological polar surface area (TPSA) is 79.0 Å². The molecule has 0 saturated heterocycles. The van der Waals surface area contributed by atoms with E-state index in [1.807, 2.05) is 13.8 Å². The SMILES string of the molecule is CCn1nc(C)c(Cl)c1Cn1c(=O)oc2ccc(N)cc21. The Morgan fingerprint density at radius 2 is 2.19 bits per heavy atom. The Morgan fingerprint density at radius 1 is 1.43 bits per heavy atom. The molecule has 7 heteroatoms. The molecule has 0 saturated carbocycles. The Kier molecular flexibility index (Phi) is 3.25. The van der Waals surface area contributed by atoms with Crippen LogP contribution in [0.4, 0.5) is 5.69 Å². The lowest BCUT2D eigenvalue weighted by molar-refractivity contribution is 0.507. The second-order valence-corrected chi connectivity index (χ2v) is 5.22. The molecule has 0 spiro atoms. The van der Waals surface area contributed by atoms with Crippen molar-refractivity contribution >= 4 is 28.4 Å². The van der Waals surface area contributed by atoms with Crippen molar-refractivity contribution in [1.82, 2.24) is 14.3 Å². The molecule has 0 atom stereocenters. The van der Waals surface area contributed by atoms with Gasteiger partial charge in [0, 0.05) is 12.2 Å². The van der Waals surface area contributed by atoms with Crippen molar-refractivity contribution in [2.45, 2.75) is 26.9 Å². The van der Waals surface area contributed by atoms with Crippen LogP contribution < -0.4 is 11.5 Å². The molecule has 0 aliphatic rings. The summed E-state index contributed by atoms with van der Waals surface area (Å²) in [5.74, 6) is -0.437. The number of nitrogens with zero attached hydrogens (tertiary/aromatic N) is 3. The average Bonchev–Trinajstić information content (AvgIpc) is 2.90. The fraction of sp³-hybridized carbons (Fsp3) is 0.286. The molecule has 0 aliphatic carbocycles. The van der Waals surface area contributed by atoms with Crippen molar-refractivity contribution in [2.24, 2.45) is 0 Å². The molecule has 0 bridgehead atoms. The lowest BCUT2D eigenvalue weighted by atomic mass is 10.3. The van der Waals surface area contributed by atoms with Crippen LogP contribution in [0.1, 0.15) is 18.3 Å². The van der Waals surface area contributed by atoms with Gasteiger partial charge in [0.25, 0.3) is 0 Å². The van der Waals surface area contributed by atoms with Gasteiger partial charge in [0.2, 0.25) is 0 Å². The molecule has 6 nitrogen and oxygen atoms in total. The highest BCUT2D eigenvalue weighted by atomic mass is 35.5. The first-order chi connectivity index (χ1) is 10.0. The van der Waals surface area contributed by atoms with Gasteiger partial charge in [0.1, 0.15) is 0 Å². The Hall–Kier alpha value is -2.21. The quantitative estimate of drug-likeness (QED) is 0.754. The highest BCUT2D eigenvalue weighted by molar-refractivity contribution is 6.31. The molecule has 21 heavy (non-hydrogen) atoms. The zero-order valence-electron chi connectivity index (χ0n) is 11.8. The number of oxazole rings is 1. The minimum atomic E-state index is -0.437. The summed E-state index contributed by atoms with van der Waals surface area (Å²) in [7, 11) is 0. The van der Waals surface area contributed by atoms with E-state index in [0.717, 1.165) is 11.4 Å². The fourth-order valence-electron chi connectivity index (χ4n) is 2.40. The van der Waals surface area contributed by atoms with E-state index in [4.69, 9.17) is 21.8 Å². The van der Waals surface area contributed by atoms with Gasteiger partial charge in [-0.15, -0.1) is 0 Å². The van der Waals surface area contributed by atoms with E-state index in [1.54, 1.807) is 22.9 Å². The first-order valence-electron chi connectivity index (χ1n) is 6.62. The second-order valence-electron chi connectivity index (χ2n) is 4.84. The number of hydrogen-bond acceptors (Lipinski definition) is 4. The lowest BCUT2D eigenvalue weighted by Crippen LogP contribution is -2.17. The molecular weight excluding hydrogens is 292 g/mol. The first-order valence-corrected chi connectivity index (χ1v) is 6.99. The number of aromatic nitrogens is 3. The van der Waals surface area contributed by atoms with Gasteiger partial charge in [-0.05, 0) is 32.0 Å². The summed E-state index contributed by atoms with van der Waals surface area (Å²) < 4.78 is 8.53. The third kappa shape index (κ3) is 2.21. The van der Waals surface area contributed by atoms with E-state index < -0.39 is 5.76 Å². The summed E-state index contributed by atoms with van der Waals surface area (Å²) in [4.78, 5) is 12.1. The number of benzene rings is 1. The van der Waals surface area contributed by atoms with Crippen LogP contribution in [0.5, 0.6) is 0 Å². The Balaban J connectivity index is 2.16. The summed E-state index contributed by atoms with van der Waals surface area (Å²) in [6, 6.07) is 5.10. The van der Waals surface area contributed by atoms with E-state index >= 15 is 0 Å². The molecule has 0 unspecified atom stereocenters. The van der Waals surface area contributed by atoms with Crippen LogP contribution in [0.2, 0.25) is 5.02 Å². The zero-order chi connectivity index (χ0) is 15.1. The number of rotatable bonds is 3. The van der Waals surface area contributed by atoms with Gasteiger partial charge in [-0.25, -0.2) is 4.79 Å². The van der Waals surface area contributed by atoms with Crippen molar-refractivity contribution < 1.29 is 4.42 Å². The average molecular weight is 307 g/mol. The Morgan fingerprint density at radius 3 is 2.90 bits per heavy atom. The summed E-state index contributed by atoms with van der Waals surface area (Å²) >= 11 is 6.29. The number of fused-ring (bicyclic) bond motifs is 1. The van der Waals surface area contributed by atoms with Gasteiger partial charge >= 0.3 is 5.76 Å². The molecule has 0 aliphatic heterocycles. The van der Waals surface area contributed by atoms with Crippen LogP contribution in [0.25, 0.3) is 11.1 Å². The minimum absolute atomic E-state index is 0.294. The number of hydrogen-bond donors (Lipinski definition) is 1. The molecule has 3 aromatic rings. The van der Waals surface area contributed by atoms with Crippen LogP contribution in [-0.4, -0.2) is 14.3 Å². The maximum Gasteiger partial charge on any atom is 0.420 e. The molecule has 2 aromatic heterocycles. The third-order valence-corrected chi connectivity index (χ3v) is 3.94. The standard InChI is InChI=1S/C14H15ClN4O2/c1-3-19-11(13(15)8(2)17-19)7-18-10-6-9(16)4-5-12(10)21-14(18)20/h4-6H,3,7,16H2,1-2H3. The zero-order valence-corrected chi connectivity index (χ0v) is 12.5. The van der Waals surface area contributed by atoms with Crippen LogP contribution in [-0.2, 0) is 13.1 Å². The summed E-state index contributed by atoms with van der Waals surface area (Å²) in [6.45, 7) is 4.78. The Labute approximate surface area is 125 Å². The van der Waals surface area contributed by atoms with E-state index in [0.29, 0.717) is 34.9 Å². The third-order valence-electron chi connectivity index (χ3n) is 3.45. The smallest absolute Gasteiger partial charge is 0.408 e. The van der Waals surface area contributed by atoms with Gasteiger partial charge in [-0.3, -0.25) is 9.25 Å². The van der Waals surface area contributed by atoms with Crippen LogP contribution in [0.15, 0.2) is 27.4 Å². The van der Waals surface area contributed by atoms with Gasteiger partial charge in [0.15, 0.2) is 5.58 Å². The lowest BCUT2D eigenvalue weighted by Gasteiger charge is -2.06. The maximum absolute atomic E-state index is 12.1. The minimum Gasteiger partial charge on any atom is -0.408 e. The number of nitrogens with two attached hydrogens (primary N) is 1. The molecule has 0 fully saturated rings. The predicted octanol–water partition coefficient (Wildman–Crippen LogP) is 2.40. The molecule has 2 N–H and O–H groups in total. The predicted molar refractivity (Wildman–Crippen MR) is 81.6 cm³/mol. The highest BCUT2D eigenvalue weighted by Gasteiger charge is 2.17. The first kappa shape index (κ1) is 13.8. The van der Waals surface area contributed by atoms with E-state index in [9.17, 15) is 4.79 Å². The van der Waals surface area contributed by atoms with E-state index in [1.165, 1.54) is 4.57 Å². The van der Waals surface area contributed by atoms with Crippen molar-refractivity contribution in [3.05, 3.63) is 45.2 Å². The number of anilines is 1. The molecule has 2 heterocycles. The van der Waals surface area contributed by atoms with Crippen LogP contribution in [0, 0.1) is 6.92 Å². The van der Waals surface area contributed by atoms with Gasteiger partial charge < -0.3 is 10.2 Å². The van der Waals surface area contributed by atoms with Gasteiger partial charge in [-0.2, -0.15) is 5.10 Å². The van der Waals surface area contributed by atoms with Gasteiger partial charge in [0.05, 0.1) is 28.5 Å². The molecule has 0 amide bonds. The molecule has 110 valence electrons. The molecular formula is C14H15ClN4O2. The number of aryl methyl sites for hydroxylation is 2. The summed E-state index contributed by atoms with van der Waals surface area (Å²) in [5, 5.41) is 4.92. The van der Waals surface area contributed by atoms with Crippen molar-refractivity contribution in [3.8, 4) is 0 Å². The van der Waals surface area contributed by atoms with Crippen LogP contribution >= 0.6 is 11.6 Å². The maximum atomic E-state index is 12.1. The fourth-order valence-corrected chi connectivity index (χ4v) is 2.59. The number of halogens is 1.